The van der Waals surface area contributed by atoms with Gasteiger partial charge in [-0.1, -0.05) is 51.5 Å². The maximum Gasteiger partial charge on any atom is 0 e. The maximum absolute atomic E-state index is 2.38. The molecular weight excluding hydrogens is 359 g/mol. The third-order valence-corrected chi connectivity index (χ3v) is 4.05. The van der Waals surface area contributed by atoms with Gasteiger partial charge in [-0.3, -0.25) is 0 Å². The molecule has 0 N–H and O–H groups in total. The molecule has 0 radical (unpaired) electrons. The van der Waals surface area contributed by atoms with Crippen molar-refractivity contribution >= 4 is 0 Å². The van der Waals surface area contributed by atoms with Crippen molar-refractivity contribution in [2.45, 2.75) is 46.0 Å². The van der Waals surface area contributed by atoms with Crippen LogP contribution in [-0.4, -0.2) is 0 Å². The Kier molecular flexibility index (Phi) is 3.63. The first-order valence-corrected chi connectivity index (χ1v) is 6.27. The van der Waals surface area contributed by atoms with Gasteiger partial charge in [-0.15, -0.1) is 22.8 Å². The zero-order valence-corrected chi connectivity index (χ0v) is 13.9. The number of benzene rings is 1. The Balaban J connectivity index is 0.000000963. The summed E-state index contributed by atoms with van der Waals surface area (Å²) in [5.41, 5.74) is 6.64. The van der Waals surface area contributed by atoms with Gasteiger partial charge in [0.05, 0.1) is 0 Å². The van der Waals surface area contributed by atoms with Crippen LogP contribution >= 0.6 is 0 Å². The van der Waals surface area contributed by atoms with Gasteiger partial charge >= 0.3 is 0 Å². The van der Waals surface area contributed by atoms with E-state index in [4.69, 9.17) is 0 Å². The molecule has 0 atom stereocenters. The molecular formula is C15H19Hf-. The maximum atomic E-state index is 2.38. The van der Waals surface area contributed by atoms with Crippen LogP contribution in [-0.2, 0) is 45.1 Å². The SMILES string of the molecule is CC(C)[C-]1CCc2ccc3c(c21)CCC3.[Hf]. The van der Waals surface area contributed by atoms with E-state index in [0.29, 0.717) is 0 Å². The topological polar surface area (TPSA) is 0 Å². The number of fused-ring (bicyclic) bond motifs is 3. The predicted molar refractivity (Wildman–Crippen MR) is 64.0 cm³/mol. The van der Waals surface area contributed by atoms with Crippen molar-refractivity contribution < 1.29 is 25.8 Å². The molecule has 16 heavy (non-hydrogen) atoms. The van der Waals surface area contributed by atoms with E-state index in [1.807, 2.05) is 0 Å². The molecule has 84 valence electrons. The molecule has 0 bridgehead atoms. The standard InChI is InChI=1S/C15H19.Hf/c1-10(2)13-9-8-12-7-6-11-4-3-5-14(11)15(12)13;/h6-7,10H,3-5,8-9H2,1-2H3;/q-1;. The summed E-state index contributed by atoms with van der Waals surface area (Å²) in [6.07, 6.45) is 6.61. The van der Waals surface area contributed by atoms with Gasteiger partial charge in [0.2, 0.25) is 0 Å². The number of hydrogen-bond acceptors (Lipinski definition) is 0. The molecule has 0 saturated carbocycles. The average molecular weight is 378 g/mol. The largest absolute Gasteiger partial charge is 0.182 e. The Hall–Kier alpha value is -0.0399. The molecule has 0 saturated heterocycles. The van der Waals surface area contributed by atoms with Crippen LogP contribution in [0.4, 0.5) is 0 Å². The Morgan fingerprint density at radius 1 is 1.06 bits per heavy atom. The van der Waals surface area contributed by atoms with E-state index in [1.54, 1.807) is 28.2 Å². The van der Waals surface area contributed by atoms with Crippen molar-refractivity contribution in [1.29, 1.82) is 0 Å². The van der Waals surface area contributed by atoms with Gasteiger partial charge in [0.25, 0.3) is 0 Å². The molecule has 2 aliphatic carbocycles. The fourth-order valence-corrected chi connectivity index (χ4v) is 3.29. The molecule has 1 heteroatoms. The van der Waals surface area contributed by atoms with Crippen molar-refractivity contribution in [3.63, 3.8) is 0 Å². The minimum atomic E-state index is 0. The van der Waals surface area contributed by atoms with Gasteiger partial charge in [0.15, 0.2) is 0 Å². The first-order chi connectivity index (χ1) is 7.27. The zero-order chi connectivity index (χ0) is 10.4. The van der Waals surface area contributed by atoms with E-state index in [2.05, 4.69) is 26.0 Å². The third-order valence-electron chi connectivity index (χ3n) is 4.05. The van der Waals surface area contributed by atoms with Crippen molar-refractivity contribution in [1.82, 2.24) is 0 Å². The molecule has 0 unspecified atom stereocenters. The molecule has 0 amide bonds. The van der Waals surface area contributed by atoms with Gasteiger partial charge in [-0.05, 0) is 6.42 Å². The monoisotopic (exact) mass is 379 g/mol. The molecule has 0 aliphatic heterocycles. The van der Waals surface area contributed by atoms with Gasteiger partial charge in [0.1, 0.15) is 0 Å². The van der Waals surface area contributed by atoms with Crippen LogP contribution in [0.5, 0.6) is 0 Å². The van der Waals surface area contributed by atoms with Crippen LogP contribution in [0.25, 0.3) is 0 Å². The zero-order valence-electron chi connectivity index (χ0n) is 10.3. The number of aryl methyl sites for hydroxylation is 2. The first-order valence-electron chi connectivity index (χ1n) is 6.27. The Morgan fingerprint density at radius 3 is 2.56 bits per heavy atom. The molecule has 0 aromatic heterocycles. The molecule has 1 aromatic carbocycles. The van der Waals surface area contributed by atoms with E-state index in [1.165, 1.54) is 32.1 Å². The molecule has 2 aliphatic rings. The van der Waals surface area contributed by atoms with Crippen LogP contribution in [0, 0.1) is 11.8 Å². The number of rotatable bonds is 1. The normalized spacial score (nSPS) is 17.3. The van der Waals surface area contributed by atoms with E-state index >= 15 is 0 Å². The fraction of sp³-hybridized carbons (Fsp3) is 0.533. The molecule has 3 rings (SSSR count). The van der Waals surface area contributed by atoms with E-state index < -0.39 is 0 Å². The van der Waals surface area contributed by atoms with Gasteiger partial charge < -0.3 is 0 Å². The second kappa shape index (κ2) is 4.68. The van der Waals surface area contributed by atoms with Crippen LogP contribution in [0.2, 0.25) is 0 Å². The van der Waals surface area contributed by atoms with Crippen molar-refractivity contribution in [2.24, 2.45) is 5.92 Å². The summed E-state index contributed by atoms with van der Waals surface area (Å²) in [6, 6.07) is 4.76. The third kappa shape index (κ3) is 1.81. The van der Waals surface area contributed by atoms with Gasteiger partial charge in [-0.25, -0.2) is 0 Å². The molecule has 1 aromatic rings. The van der Waals surface area contributed by atoms with Gasteiger partial charge in [-0.2, -0.15) is 11.5 Å². The first kappa shape index (κ1) is 12.4. The van der Waals surface area contributed by atoms with Crippen molar-refractivity contribution in [2.75, 3.05) is 0 Å². The van der Waals surface area contributed by atoms with Crippen LogP contribution < -0.4 is 0 Å². The molecule has 0 heterocycles. The summed E-state index contributed by atoms with van der Waals surface area (Å²) in [7, 11) is 0. The van der Waals surface area contributed by atoms with Crippen LogP contribution in [0.1, 0.15) is 48.9 Å². The summed E-state index contributed by atoms with van der Waals surface area (Å²) in [5, 5.41) is 0. The summed E-state index contributed by atoms with van der Waals surface area (Å²) < 4.78 is 0. The van der Waals surface area contributed by atoms with E-state index in [9.17, 15) is 0 Å². The molecule has 0 spiro atoms. The summed E-state index contributed by atoms with van der Waals surface area (Å²) in [4.78, 5) is 0. The van der Waals surface area contributed by atoms with Crippen LogP contribution in [0.3, 0.4) is 0 Å². The minimum Gasteiger partial charge on any atom is -0.182 e. The summed E-state index contributed by atoms with van der Waals surface area (Å²) in [5.74, 6) is 2.46. The fourth-order valence-electron chi connectivity index (χ4n) is 3.29. The van der Waals surface area contributed by atoms with Crippen molar-refractivity contribution in [3.8, 4) is 0 Å². The Bertz CT molecular complexity index is 393. The summed E-state index contributed by atoms with van der Waals surface area (Å²) in [6.45, 7) is 4.69. The summed E-state index contributed by atoms with van der Waals surface area (Å²) >= 11 is 0. The van der Waals surface area contributed by atoms with Crippen molar-refractivity contribution in [3.05, 3.63) is 40.3 Å². The quantitative estimate of drug-likeness (QED) is 0.517. The Labute approximate surface area is 118 Å². The van der Waals surface area contributed by atoms with E-state index in [-0.39, 0.29) is 25.8 Å². The van der Waals surface area contributed by atoms with E-state index in [0.717, 1.165) is 5.92 Å². The van der Waals surface area contributed by atoms with Crippen LogP contribution in [0.15, 0.2) is 12.1 Å². The van der Waals surface area contributed by atoms with Gasteiger partial charge in [0, 0.05) is 25.8 Å². The predicted octanol–water partition coefficient (Wildman–Crippen LogP) is 3.70. The Morgan fingerprint density at radius 2 is 1.81 bits per heavy atom. The average Bonchev–Trinajstić information content (AvgIpc) is 2.82. The smallest absolute Gasteiger partial charge is 0 e. The molecule has 0 fully saturated rings. The number of hydrogen-bond donors (Lipinski definition) is 0. The second-order valence-electron chi connectivity index (χ2n) is 5.27. The second-order valence-corrected chi connectivity index (χ2v) is 5.27. The molecule has 0 nitrogen and oxygen atoms in total. The minimum absolute atomic E-state index is 0.